The molecule has 0 aliphatic carbocycles. The second-order valence-corrected chi connectivity index (χ2v) is 8.16. The zero-order valence-electron chi connectivity index (χ0n) is 19.1. The Hall–Kier alpha value is -3.29. The highest BCUT2D eigenvalue weighted by Crippen LogP contribution is 2.32. The number of benzene rings is 1. The number of nitrogens with zero attached hydrogens (tertiary/aromatic N) is 3. The topological polar surface area (TPSA) is 89.7 Å². The normalized spacial score (nSPS) is 16.2. The molecule has 3 aromatic rings. The van der Waals surface area contributed by atoms with Gasteiger partial charge in [0.1, 0.15) is 29.4 Å². The van der Waals surface area contributed by atoms with E-state index in [4.69, 9.17) is 13.9 Å². The number of methoxy groups -OCH3 is 2. The molecule has 1 aliphatic heterocycles. The van der Waals surface area contributed by atoms with Crippen molar-refractivity contribution in [3.05, 3.63) is 41.4 Å². The van der Waals surface area contributed by atoms with Crippen LogP contribution in [0.2, 0.25) is 0 Å². The molecule has 1 aromatic carbocycles. The van der Waals surface area contributed by atoms with Gasteiger partial charge in [0.15, 0.2) is 0 Å². The molecule has 8 heteroatoms. The van der Waals surface area contributed by atoms with Crippen LogP contribution in [0.5, 0.6) is 11.5 Å². The van der Waals surface area contributed by atoms with Crippen molar-refractivity contribution >= 4 is 22.8 Å². The Morgan fingerprint density at radius 2 is 2.09 bits per heavy atom. The smallest absolute Gasteiger partial charge is 0.231 e. The summed E-state index contributed by atoms with van der Waals surface area (Å²) in [5.41, 5.74) is 2.69. The Morgan fingerprint density at radius 1 is 1.25 bits per heavy atom. The number of anilines is 1. The Labute approximate surface area is 187 Å². The fourth-order valence-electron chi connectivity index (χ4n) is 4.31. The van der Waals surface area contributed by atoms with Crippen molar-refractivity contribution in [3.63, 3.8) is 0 Å². The number of aryl methyl sites for hydroxylation is 2. The molecular formula is C24H30N4O4. The summed E-state index contributed by atoms with van der Waals surface area (Å²) in [7, 11) is 3.27. The van der Waals surface area contributed by atoms with Crippen LogP contribution in [0.15, 0.2) is 28.9 Å². The summed E-state index contributed by atoms with van der Waals surface area (Å²) in [4.78, 5) is 23.9. The molecular weight excluding hydrogens is 408 g/mol. The molecule has 2 aromatic heterocycles. The predicted molar refractivity (Wildman–Crippen MR) is 122 cm³/mol. The molecule has 1 fully saturated rings. The number of aromatic nitrogens is 2. The summed E-state index contributed by atoms with van der Waals surface area (Å²) < 4.78 is 16.5. The quantitative estimate of drug-likeness (QED) is 0.604. The van der Waals surface area contributed by atoms with Gasteiger partial charge >= 0.3 is 0 Å². The summed E-state index contributed by atoms with van der Waals surface area (Å²) >= 11 is 0. The SMILES string of the molecule is COc1ccc(CCNC(=O)[C@@H]2CCCN(c3ncnc4oc(C)c(C)c34)C2)c(OC)c1. The number of ether oxygens (including phenoxy) is 2. The molecule has 0 radical (unpaired) electrons. The third kappa shape index (κ3) is 4.35. The van der Waals surface area contributed by atoms with Crippen LogP contribution in [0.1, 0.15) is 29.7 Å². The Kier molecular flexibility index (Phi) is 6.48. The number of furan rings is 1. The maximum atomic E-state index is 12.9. The average molecular weight is 439 g/mol. The highest BCUT2D eigenvalue weighted by Gasteiger charge is 2.28. The molecule has 0 bridgehead atoms. The molecule has 170 valence electrons. The maximum absolute atomic E-state index is 12.9. The fourth-order valence-corrected chi connectivity index (χ4v) is 4.31. The molecule has 32 heavy (non-hydrogen) atoms. The van der Waals surface area contributed by atoms with Gasteiger partial charge in [0.2, 0.25) is 11.6 Å². The minimum atomic E-state index is -0.0835. The van der Waals surface area contributed by atoms with Gasteiger partial charge in [-0.3, -0.25) is 4.79 Å². The lowest BCUT2D eigenvalue weighted by Crippen LogP contribution is -2.43. The number of piperidine rings is 1. The van der Waals surface area contributed by atoms with Crippen LogP contribution < -0.4 is 19.7 Å². The van der Waals surface area contributed by atoms with Crippen molar-refractivity contribution in [3.8, 4) is 11.5 Å². The van der Waals surface area contributed by atoms with E-state index < -0.39 is 0 Å². The summed E-state index contributed by atoms with van der Waals surface area (Å²) in [5, 5.41) is 4.04. The first-order valence-corrected chi connectivity index (χ1v) is 11.0. The molecule has 4 rings (SSSR count). The van der Waals surface area contributed by atoms with E-state index in [-0.39, 0.29) is 11.8 Å². The third-order valence-corrected chi connectivity index (χ3v) is 6.22. The molecule has 8 nitrogen and oxygen atoms in total. The molecule has 1 atom stereocenters. The number of hydrogen-bond donors (Lipinski definition) is 1. The highest BCUT2D eigenvalue weighted by molar-refractivity contribution is 5.90. The summed E-state index contributed by atoms with van der Waals surface area (Å²) in [6.07, 6.45) is 4.03. The second-order valence-electron chi connectivity index (χ2n) is 8.16. The van der Waals surface area contributed by atoms with Gasteiger partial charge in [-0.15, -0.1) is 0 Å². The minimum Gasteiger partial charge on any atom is -0.497 e. The third-order valence-electron chi connectivity index (χ3n) is 6.22. The van der Waals surface area contributed by atoms with Gasteiger partial charge in [-0.25, -0.2) is 9.97 Å². The molecule has 1 amide bonds. The summed E-state index contributed by atoms with van der Waals surface area (Å²) in [5.74, 6) is 3.21. The van der Waals surface area contributed by atoms with Crippen LogP contribution >= 0.6 is 0 Å². The van der Waals surface area contributed by atoms with E-state index >= 15 is 0 Å². The number of nitrogens with one attached hydrogen (secondary N) is 1. The molecule has 3 heterocycles. The van der Waals surface area contributed by atoms with Crippen LogP contribution in [0, 0.1) is 19.8 Å². The lowest BCUT2D eigenvalue weighted by atomic mass is 9.96. The van der Waals surface area contributed by atoms with Gasteiger partial charge in [0.05, 0.1) is 25.5 Å². The van der Waals surface area contributed by atoms with Crippen molar-refractivity contribution in [2.45, 2.75) is 33.1 Å². The molecule has 0 saturated carbocycles. The molecule has 1 saturated heterocycles. The first-order chi connectivity index (χ1) is 15.5. The first kappa shape index (κ1) is 21.9. The van der Waals surface area contributed by atoms with E-state index in [0.717, 1.165) is 59.0 Å². The van der Waals surface area contributed by atoms with Crippen molar-refractivity contribution in [1.82, 2.24) is 15.3 Å². The molecule has 0 unspecified atom stereocenters. The lowest BCUT2D eigenvalue weighted by molar-refractivity contribution is -0.125. The van der Waals surface area contributed by atoms with Crippen molar-refractivity contribution < 1.29 is 18.7 Å². The number of carbonyl (C=O) groups is 1. The summed E-state index contributed by atoms with van der Waals surface area (Å²) in [6.45, 7) is 6.01. The lowest BCUT2D eigenvalue weighted by Gasteiger charge is -2.33. The van der Waals surface area contributed by atoms with E-state index in [1.54, 1.807) is 14.2 Å². The van der Waals surface area contributed by atoms with Crippen LogP contribution in [0.4, 0.5) is 5.82 Å². The predicted octanol–water partition coefficient (Wildman–Crippen LogP) is 3.43. The maximum Gasteiger partial charge on any atom is 0.231 e. The molecule has 0 spiro atoms. The van der Waals surface area contributed by atoms with E-state index in [1.165, 1.54) is 6.33 Å². The first-order valence-electron chi connectivity index (χ1n) is 11.0. The van der Waals surface area contributed by atoms with Gasteiger partial charge < -0.3 is 24.1 Å². The number of hydrogen-bond acceptors (Lipinski definition) is 7. The van der Waals surface area contributed by atoms with Gasteiger partial charge in [-0.2, -0.15) is 0 Å². The van der Waals surface area contributed by atoms with E-state index in [1.807, 2.05) is 32.0 Å². The van der Waals surface area contributed by atoms with Crippen LogP contribution in [-0.2, 0) is 11.2 Å². The second kappa shape index (κ2) is 9.46. The fraction of sp³-hybridized carbons (Fsp3) is 0.458. The number of fused-ring (bicyclic) bond motifs is 1. The zero-order chi connectivity index (χ0) is 22.7. The van der Waals surface area contributed by atoms with Crippen LogP contribution in [0.3, 0.4) is 0 Å². The van der Waals surface area contributed by atoms with Gasteiger partial charge in [-0.1, -0.05) is 6.07 Å². The number of amides is 1. The van der Waals surface area contributed by atoms with Gasteiger partial charge in [0, 0.05) is 31.3 Å². The van der Waals surface area contributed by atoms with E-state index in [2.05, 4.69) is 20.2 Å². The largest absolute Gasteiger partial charge is 0.497 e. The van der Waals surface area contributed by atoms with E-state index in [9.17, 15) is 4.79 Å². The van der Waals surface area contributed by atoms with Crippen LogP contribution in [-0.4, -0.2) is 49.7 Å². The standard InChI is InChI=1S/C24H30N4O4/c1-15-16(2)32-24-21(15)22(26-14-27-24)28-11-5-6-18(13-28)23(29)25-10-9-17-7-8-19(30-3)12-20(17)31-4/h7-8,12,14,18H,5-6,9-11,13H2,1-4H3,(H,25,29)/t18-/m1/s1. The molecule has 1 aliphatic rings. The van der Waals surface area contributed by atoms with Crippen molar-refractivity contribution in [2.24, 2.45) is 5.92 Å². The number of rotatable bonds is 7. The van der Waals surface area contributed by atoms with Gasteiger partial charge in [0.25, 0.3) is 0 Å². The number of carbonyl (C=O) groups excluding carboxylic acids is 1. The van der Waals surface area contributed by atoms with Crippen molar-refractivity contribution in [2.75, 3.05) is 38.8 Å². The van der Waals surface area contributed by atoms with Crippen molar-refractivity contribution in [1.29, 1.82) is 0 Å². The minimum absolute atomic E-state index is 0.0765. The summed E-state index contributed by atoms with van der Waals surface area (Å²) in [6, 6.07) is 5.74. The van der Waals surface area contributed by atoms with E-state index in [0.29, 0.717) is 25.2 Å². The Bertz CT molecular complexity index is 1110. The Morgan fingerprint density at radius 3 is 2.88 bits per heavy atom. The average Bonchev–Trinajstić information content (AvgIpc) is 3.12. The Balaban J connectivity index is 1.40. The molecule has 1 N–H and O–H groups in total. The monoisotopic (exact) mass is 438 g/mol. The zero-order valence-corrected chi connectivity index (χ0v) is 19.1. The van der Waals surface area contributed by atoms with Crippen LogP contribution in [0.25, 0.3) is 11.1 Å². The highest BCUT2D eigenvalue weighted by atomic mass is 16.5. The van der Waals surface area contributed by atoms with Gasteiger partial charge in [-0.05, 0) is 44.7 Å².